The Bertz CT molecular complexity index is 500. The van der Waals surface area contributed by atoms with E-state index in [-0.39, 0.29) is 0 Å². The van der Waals surface area contributed by atoms with Crippen LogP contribution in [0.3, 0.4) is 0 Å². The molecule has 0 saturated heterocycles. The molecule has 0 aromatic heterocycles. The molecule has 0 N–H and O–H groups in total. The van der Waals surface area contributed by atoms with Crippen molar-refractivity contribution in [2.45, 2.75) is 0 Å². The Hall–Kier alpha value is -0.400. The minimum atomic E-state index is 0.587. The van der Waals surface area contributed by atoms with Crippen molar-refractivity contribution >= 4 is 46.4 Å². The standard InChI is InChI=1S/C13H7Cl4/c14-10-3-1-8(12(16)6-10)5-9-2-4-11(15)7-13(9)17/h1-7H. The normalized spacial score (nSPS) is 10.6. The maximum Gasteiger partial charge on any atom is 0.0459 e. The van der Waals surface area contributed by atoms with Gasteiger partial charge in [0.25, 0.3) is 0 Å². The summed E-state index contributed by atoms with van der Waals surface area (Å²) >= 11 is 23.8. The maximum atomic E-state index is 6.08. The van der Waals surface area contributed by atoms with E-state index < -0.39 is 0 Å². The summed E-state index contributed by atoms with van der Waals surface area (Å²) in [6.07, 6.45) is 1.89. The van der Waals surface area contributed by atoms with Crippen LogP contribution >= 0.6 is 46.4 Å². The minimum Gasteiger partial charge on any atom is -0.0843 e. The van der Waals surface area contributed by atoms with Crippen molar-refractivity contribution in [1.82, 2.24) is 0 Å². The van der Waals surface area contributed by atoms with E-state index in [4.69, 9.17) is 46.4 Å². The summed E-state index contributed by atoms with van der Waals surface area (Å²) in [7, 11) is 0. The molecule has 0 fully saturated rings. The fourth-order valence-electron chi connectivity index (χ4n) is 1.40. The molecule has 1 radical (unpaired) electrons. The van der Waals surface area contributed by atoms with Crippen LogP contribution in [-0.4, -0.2) is 0 Å². The average Bonchev–Trinajstić information content (AvgIpc) is 2.25. The molecule has 0 heterocycles. The van der Waals surface area contributed by atoms with Crippen molar-refractivity contribution in [3.05, 3.63) is 74.0 Å². The van der Waals surface area contributed by atoms with Gasteiger partial charge < -0.3 is 0 Å². The van der Waals surface area contributed by atoms with Crippen LogP contribution in [0, 0.1) is 6.42 Å². The highest BCUT2D eigenvalue weighted by Gasteiger charge is 2.06. The third kappa shape index (κ3) is 3.29. The lowest BCUT2D eigenvalue weighted by Crippen LogP contribution is -1.88. The van der Waals surface area contributed by atoms with Gasteiger partial charge in [-0.2, -0.15) is 0 Å². The Kier molecular flexibility index (Phi) is 4.22. The third-order valence-corrected chi connectivity index (χ3v) is 3.36. The molecule has 0 unspecified atom stereocenters. The summed E-state index contributed by atoms with van der Waals surface area (Å²) in [6.45, 7) is 0. The largest absolute Gasteiger partial charge is 0.0843 e. The molecule has 2 aromatic rings. The number of rotatable bonds is 2. The van der Waals surface area contributed by atoms with Gasteiger partial charge in [-0.3, -0.25) is 0 Å². The summed E-state index contributed by atoms with van der Waals surface area (Å²) in [5.74, 6) is 0. The van der Waals surface area contributed by atoms with Crippen molar-refractivity contribution in [1.29, 1.82) is 0 Å². The van der Waals surface area contributed by atoms with Gasteiger partial charge in [0.15, 0.2) is 0 Å². The van der Waals surface area contributed by atoms with Gasteiger partial charge in [-0.1, -0.05) is 58.5 Å². The quantitative estimate of drug-likeness (QED) is 0.648. The molecule has 2 aromatic carbocycles. The highest BCUT2D eigenvalue weighted by atomic mass is 35.5. The Balaban J connectivity index is 2.31. The zero-order chi connectivity index (χ0) is 12.4. The first kappa shape index (κ1) is 13.0. The van der Waals surface area contributed by atoms with Crippen LogP contribution in [-0.2, 0) is 0 Å². The van der Waals surface area contributed by atoms with Crippen LogP contribution in [0.5, 0.6) is 0 Å². The second-order valence-electron chi connectivity index (χ2n) is 3.48. The molecule has 0 aliphatic carbocycles. The van der Waals surface area contributed by atoms with Gasteiger partial charge >= 0.3 is 0 Å². The van der Waals surface area contributed by atoms with Gasteiger partial charge in [-0.25, -0.2) is 0 Å². The van der Waals surface area contributed by atoms with E-state index in [0.29, 0.717) is 20.1 Å². The molecule has 2 rings (SSSR count). The SMILES string of the molecule is Clc1ccc([CH]c2ccc(Cl)cc2Cl)c(Cl)c1. The molecule has 4 heteroatoms. The van der Waals surface area contributed by atoms with E-state index in [1.165, 1.54) is 0 Å². The number of halogens is 4. The van der Waals surface area contributed by atoms with Crippen LogP contribution in [0.1, 0.15) is 11.1 Å². The molecular formula is C13H7Cl4. The molecule has 87 valence electrons. The first-order chi connectivity index (χ1) is 8.06. The van der Waals surface area contributed by atoms with E-state index in [0.717, 1.165) is 11.1 Å². The summed E-state index contributed by atoms with van der Waals surface area (Å²) in [5, 5.41) is 2.38. The minimum absolute atomic E-state index is 0.587. The van der Waals surface area contributed by atoms with Crippen LogP contribution in [0.15, 0.2) is 36.4 Å². The maximum absolute atomic E-state index is 6.08. The summed E-state index contributed by atoms with van der Waals surface area (Å²) in [5.41, 5.74) is 1.72. The van der Waals surface area contributed by atoms with E-state index in [2.05, 4.69) is 0 Å². The summed E-state index contributed by atoms with van der Waals surface area (Å²) in [6, 6.07) is 10.6. The molecule has 0 spiro atoms. The molecular weight excluding hydrogens is 298 g/mol. The highest BCUT2D eigenvalue weighted by Crippen LogP contribution is 2.28. The first-order valence-electron chi connectivity index (χ1n) is 4.81. The van der Waals surface area contributed by atoms with Crippen LogP contribution in [0.2, 0.25) is 20.1 Å². The summed E-state index contributed by atoms with van der Waals surface area (Å²) in [4.78, 5) is 0. The zero-order valence-electron chi connectivity index (χ0n) is 8.55. The van der Waals surface area contributed by atoms with Crippen LogP contribution in [0.25, 0.3) is 0 Å². The second kappa shape index (κ2) is 5.49. The monoisotopic (exact) mass is 303 g/mol. The molecule has 17 heavy (non-hydrogen) atoms. The Labute approximate surface area is 120 Å². The lowest BCUT2D eigenvalue weighted by molar-refractivity contribution is 1.43. The van der Waals surface area contributed by atoms with Gasteiger partial charge in [0, 0.05) is 26.5 Å². The third-order valence-electron chi connectivity index (χ3n) is 2.24. The van der Waals surface area contributed by atoms with Gasteiger partial charge in [0.2, 0.25) is 0 Å². The number of benzene rings is 2. The number of hydrogen-bond donors (Lipinski definition) is 0. The lowest BCUT2D eigenvalue weighted by Gasteiger charge is -2.06. The van der Waals surface area contributed by atoms with E-state index in [9.17, 15) is 0 Å². The Morgan fingerprint density at radius 2 is 1.06 bits per heavy atom. The topological polar surface area (TPSA) is 0 Å². The van der Waals surface area contributed by atoms with Crippen molar-refractivity contribution in [3.63, 3.8) is 0 Å². The van der Waals surface area contributed by atoms with Gasteiger partial charge in [0.05, 0.1) is 0 Å². The molecule has 0 saturated carbocycles. The average molecular weight is 305 g/mol. The second-order valence-corrected chi connectivity index (χ2v) is 5.16. The predicted molar refractivity (Wildman–Crippen MR) is 75.4 cm³/mol. The van der Waals surface area contributed by atoms with Gasteiger partial charge in [-0.15, -0.1) is 0 Å². The lowest BCUT2D eigenvalue weighted by atomic mass is 10.1. The fourth-order valence-corrected chi connectivity index (χ4v) is 2.33. The smallest absolute Gasteiger partial charge is 0.0459 e. The highest BCUT2D eigenvalue weighted by molar-refractivity contribution is 6.36. The Morgan fingerprint density at radius 3 is 1.41 bits per heavy atom. The van der Waals surface area contributed by atoms with Gasteiger partial charge in [-0.05, 0) is 35.4 Å². The molecule has 0 aliphatic rings. The van der Waals surface area contributed by atoms with Crippen molar-refractivity contribution in [2.24, 2.45) is 0 Å². The van der Waals surface area contributed by atoms with Crippen LogP contribution in [0.4, 0.5) is 0 Å². The molecule has 0 bridgehead atoms. The Morgan fingerprint density at radius 1 is 0.647 bits per heavy atom. The molecule has 0 atom stereocenters. The molecule has 0 aliphatic heterocycles. The first-order valence-corrected chi connectivity index (χ1v) is 6.32. The zero-order valence-corrected chi connectivity index (χ0v) is 11.6. The van der Waals surface area contributed by atoms with E-state index >= 15 is 0 Å². The van der Waals surface area contributed by atoms with E-state index in [1.807, 2.05) is 18.6 Å². The predicted octanol–water partition coefficient (Wildman–Crippen LogP) is 5.90. The number of hydrogen-bond acceptors (Lipinski definition) is 0. The van der Waals surface area contributed by atoms with Crippen LogP contribution < -0.4 is 0 Å². The van der Waals surface area contributed by atoms with E-state index in [1.54, 1.807) is 24.3 Å². The van der Waals surface area contributed by atoms with Crippen molar-refractivity contribution in [2.75, 3.05) is 0 Å². The van der Waals surface area contributed by atoms with Crippen molar-refractivity contribution < 1.29 is 0 Å². The van der Waals surface area contributed by atoms with Crippen molar-refractivity contribution in [3.8, 4) is 0 Å². The summed E-state index contributed by atoms with van der Waals surface area (Å²) < 4.78 is 0. The fraction of sp³-hybridized carbons (Fsp3) is 0. The molecule has 0 nitrogen and oxygen atoms in total. The van der Waals surface area contributed by atoms with Gasteiger partial charge in [0.1, 0.15) is 0 Å². The molecule has 0 amide bonds.